The van der Waals surface area contributed by atoms with Gasteiger partial charge in [0.05, 0.1) is 11.6 Å². The molecule has 3 aromatic rings. The Bertz CT molecular complexity index is 1110. The largest absolute Gasteiger partial charge is 0.416 e. The summed E-state index contributed by atoms with van der Waals surface area (Å²) in [4.78, 5) is 13.2. The molecule has 1 aromatic heterocycles. The third-order valence-electron chi connectivity index (χ3n) is 5.13. The fourth-order valence-corrected chi connectivity index (χ4v) is 4.59. The molecule has 1 aliphatic rings. The molecule has 0 spiro atoms. The van der Waals surface area contributed by atoms with Crippen molar-refractivity contribution in [1.82, 2.24) is 14.9 Å². The molecule has 6 nitrogen and oxygen atoms in total. The lowest BCUT2D eigenvalue weighted by atomic mass is 10.0. The maximum absolute atomic E-state index is 13.2. The molecule has 32 heavy (non-hydrogen) atoms. The van der Waals surface area contributed by atoms with Gasteiger partial charge in [0.2, 0.25) is 11.1 Å². The summed E-state index contributed by atoms with van der Waals surface area (Å²) in [6.07, 6.45) is -2.88. The number of benzene rings is 2. The predicted molar refractivity (Wildman–Crippen MR) is 117 cm³/mol. The van der Waals surface area contributed by atoms with Crippen LogP contribution in [0.3, 0.4) is 0 Å². The van der Waals surface area contributed by atoms with Gasteiger partial charge in [-0.25, -0.2) is 4.68 Å². The van der Waals surface area contributed by atoms with Gasteiger partial charge < -0.3 is 10.7 Å². The monoisotopic (exact) mass is 461 g/mol. The van der Waals surface area contributed by atoms with E-state index in [-0.39, 0.29) is 5.69 Å². The lowest BCUT2D eigenvalue weighted by molar-refractivity contribution is -0.137. The predicted octanol–water partition coefficient (Wildman–Crippen LogP) is 4.96. The number of amides is 1. The molecule has 2 aromatic carbocycles. The van der Waals surface area contributed by atoms with Crippen LogP contribution < -0.4 is 10.7 Å². The highest BCUT2D eigenvalue weighted by Gasteiger charge is 2.38. The molecule has 10 heteroatoms. The number of nitrogens with one attached hydrogen (secondary N) is 2. The van der Waals surface area contributed by atoms with Crippen molar-refractivity contribution in [3.8, 4) is 0 Å². The van der Waals surface area contributed by atoms with E-state index in [1.54, 1.807) is 4.68 Å². The number of fused-ring (bicyclic) bond motifs is 1. The molecule has 0 saturated carbocycles. The number of nitrogens with zero attached hydrogens (tertiary/aromatic N) is 3. The van der Waals surface area contributed by atoms with E-state index in [1.165, 1.54) is 23.9 Å². The molecular formula is C22H22F3N5OS. The quantitative estimate of drug-likeness (QED) is 0.562. The summed E-state index contributed by atoms with van der Waals surface area (Å²) >= 11 is 1.24. The van der Waals surface area contributed by atoms with E-state index in [0.717, 1.165) is 41.9 Å². The summed E-state index contributed by atoms with van der Waals surface area (Å²) in [6.45, 7) is 4.02. The molecule has 0 radical (unpaired) electrons. The average Bonchev–Trinajstić information content (AvgIpc) is 3.15. The average molecular weight is 462 g/mol. The minimum Gasteiger partial charge on any atom is -0.325 e. The van der Waals surface area contributed by atoms with Crippen LogP contribution in [-0.2, 0) is 17.4 Å². The SMILES string of the molecule is CCCc1nnc2n1N[C@@H](c1ccc(C)cc1)[C@H](C(=O)Nc1cccc(C(F)(F)F)c1)S2. The first-order valence-corrected chi connectivity index (χ1v) is 11.1. The molecule has 1 aliphatic heterocycles. The normalized spacial score (nSPS) is 18.0. The van der Waals surface area contributed by atoms with Gasteiger partial charge in [0.1, 0.15) is 5.25 Å². The van der Waals surface area contributed by atoms with E-state index < -0.39 is 28.9 Å². The number of aryl methyl sites for hydroxylation is 2. The zero-order chi connectivity index (χ0) is 22.9. The van der Waals surface area contributed by atoms with Crippen molar-refractivity contribution in [3.05, 3.63) is 71.0 Å². The van der Waals surface area contributed by atoms with Gasteiger partial charge in [-0.2, -0.15) is 13.2 Å². The number of carbonyl (C=O) groups is 1. The van der Waals surface area contributed by atoms with Gasteiger partial charge in [0, 0.05) is 12.1 Å². The van der Waals surface area contributed by atoms with Gasteiger partial charge in [-0.1, -0.05) is 54.6 Å². The molecule has 0 fully saturated rings. The van der Waals surface area contributed by atoms with Crippen LogP contribution in [0.15, 0.2) is 53.7 Å². The summed E-state index contributed by atoms with van der Waals surface area (Å²) in [5.74, 6) is 0.350. The molecule has 0 saturated heterocycles. The first-order valence-electron chi connectivity index (χ1n) is 10.2. The van der Waals surface area contributed by atoms with Crippen LogP contribution in [0, 0.1) is 6.92 Å². The molecular weight excluding hydrogens is 439 g/mol. The summed E-state index contributed by atoms with van der Waals surface area (Å²) in [5, 5.41) is 10.9. The van der Waals surface area contributed by atoms with Crippen LogP contribution in [0.4, 0.5) is 18.9 Å². The summed E-state index contributed by atoms with van der Waals surface area (Å²) in [5.41, 5.74) is 4.59. The lowest BCUT2D eigenvalue weighted by Gasteiger charge is -2.33. The third-order valence-corrected chi connectivity index (χ3v) is 6.34. The topological polar surface area (TPSA) is 71.8 Å². The van der Waals surface area contributed by atoms with E-state index >= 15 is 0 Å². The van der Waals surface area contributed by atoms with Gasteiger partial charge in [0.15, 0.2) is 5.82 Å². The summed E-state index contributed by atoms with van der Waals surface area (Å²) in [6, 6.07) is 12.0. The van der Waals surface area contributed by atoms with Crippen molar-refractivity contribution in [2.45, 2.75) is 49.3 Å². The molecule has 4 rings (SSSR count). The van der Waals surface area contributed by atoms with Crippen molar-refractivity contribution in [2.75, 3.05) is 10.7 Å². The van der Waals surface area contributed by atoms with Crippen LogP contribution in [0.25, 0.3) is 0 Å². The van der Waals surface area contributed by atoms with Gasteiger partial charge >= 0.3 is 6.18 Å². The minimum atomic E-state index is -4.49. The molecule has 0 unspecified atom stereocenters. The summed E-state index contributed by atoms with van der Waals surface area (Å²) in [7, 11) is 0. The Morgan fingerprint density at radius 1 is 1.19 bits per heavy atom. The standard InChI is InChI=1S/C22H22F3N5OS/c1-3-5-17-27-28-21-30(17)29-18(14-10-8-13(2)9-11-14)19(32-21)20(31)26-16-7-4-6-15(12-16)22(23,24)25/h4,6-12,18-19,29H,3,5H2,1-2H3,(H,26,31)/t18-,19+/m0/s1. The van der Waals surface area contributed by atoms with E-state index in [4.69, 9.17) is 0 Å². The van der Waals surface area contributed by atoms with Gasteiger partial charge in [0.25, 0.3) is 0 Å². The fourth-order valence-electron chi connectivity index (χ4n) is 3.49. The number of hydrogen-bond donors (Lipinski definition) is 2. The Balaban J connectivity index is 1.65. The second-order valence-electron chi connectivity index (χ2n) is 7.61. The van der Waals surface area contributed by atoms with E-state index in [9.17, 15) is 18.0 Å². The Kier molecular flexibility index (Phi) is 6.14. The number of alkyl halides is 3. The van der Waals surface area contributed by atoms with E-state index in [2.05, 4.69) is 20.9 Å². The number of rotatable bonds is 5. The first kappa shape index (κ1) is 22.2. The zero-order valence-corrected chi connectivity index (χ0v) is 18.3. The molecule has 1 amide bonds. The van der Waals surface area contributed by atoms with Crippen molar-refractivity contribution in [1.29, 1.82) is 0 Å². The number of carbonyl (C=O) groups excluding carboxylic acids is 1. The van der Waals surface area contributed by atoms with Crippen LogP contribution in [0.5, 0.6) is 0 Å². The second kappa shape index (κ2) is 8.85. The Labute approximate surface area is 187 Å². The maximum Gasteiger partial charge on any atom is 0.416 e. The van der Waals surface area contributed by atoms with E-state index in [1.807, 2.05) is 38.1 Å². The van der Waals surface area contributed by atoms with Gasteiger partial charge in [-0.15, -0.1) is 10.2 Å². The van der Waals surface area contributed by atoms with Gasteiger partial charge in [-0.3, -0.25) is 4.79 Å². The van der Waals surface area contributed by atoms with Crippen LogP contribution >= 0.6 is 11.8 Å². The van der Waals surface area contributed by atoms with Crippen molar-refractivity contribution >= 4 is 23.4 Å². The van der Waals surface area contributed by atoms with Crippen molar-refractivity contribution in [2.24, 2.45) is 0 Å². The highest BCUT2D eigenvalue weighted by Crippen LogP contribution is 2.38. The Morgan fingerprint density at radius 2 is 1.94 bits per heavy atom. The molecule has 0 bridgehead atoms. The molecule has 2 heterocycles. The maximum atomic E-state index is 13.2. The molecule has 2 N–H and O–H groups in total. The van der Waals surface area contributed by atoms with Crippen molar-refractivity contribution < 1.29 is 18.0 Å². The number of halogens is 3. The molecule has 168 valence electrons. The Morgan fingerprint density at radius 3 is 2.62 bits per heavy atom. The van der Waals surface area contributed by atoms with Crippen molar-refractivity contribution in [3.63, 3.8) is 0 Å². The number of thioether (sulfide) groups is 1. The smallest absolute Gasteiger partial charge is 0.325 e. The molecule has 0 aliphatic carbocycles. The minimum absolute atomic E-state index is 0.0896. The highest BCUT2D eigenvalue weighted by molar-refractivity contribution is 8.00. The Hall–Kier alpha value is -3.01. The highest BCUT2D eigenvalue weighted by atomic mass is 32.2. The zero-order valence-electron chi connectivity index (χ0n) is 17.5. The molecule has 2 atom stereocenters. The number of anilines is 1. The lowest BCUT2D eigenvalue weighted by Crippen LogP contribution is -2.41. The van der Waals surface area contributed by atoms with Crippen LogP contribution in [-0.4, -0.2) is 26.0 Å². The first-order chi connectivity index (χ1) is 15.3. The second-order valence-corrected chi connectivity index (χ2v) is 8.72. The third kappa shape index (κ3) is 4.59. The number of aromatic nitrogens is 3. The van der Waals surface area contributed by atoms with Crippen LogP contribution in [0.2, 0.25) is 0 Å². The fraction of sp³-hybridized carbons (Fsp3) is 0.318. The summed E-state index contributed by atoms with van der Waals surface area (Å²) < 4.78 is 41.0. The van der Waals surface area contributed by atoms with Crippen LogP contribution in [0.1, 0.15) is 41.9 Å². The number of hydrogen-bond acceptors (Lipinski definition) is 5. The van der Waals surface area contributed by atoms with Gasteiger partial charge in [-0.05, 0) is 37.1 Å². The van der Waals surface area contributed by atoms with E-state index in [0.29, 0.717) is 5.16 Å².